The molecule has 1 aliphatic carbocycles. The number of hydrogen-bond acceptors (Lipinski definition) is 3. The zero-order valence-corrected chi connectivity index (χ0v) is 11.2. The van der Waals surface area contributed by atoms with E-state index < -0.39 is 0 Å². The fraction of sp³-hybridized carbons (Fsp3) is 0.917. The molecule has 17 heavy (non-hydrogen) atoms. The summed E-state index contributed by atoms with van der Waals surface area (Å²) < 4.78 is 9.95. The molecule has 1 aliphatic rings. The van der Waals surface area contributed by atoms with Crippen molar-refractivity contribution in [2.75, 3.05) is 33.5 Å². The molecule has 1 saturated carbocycles. The largest absolute Gasteiger partial charge is 0.382 e. The van der Waals surface area contributed by atoms with Crippen LogP contribution in [0.2, 0.25) is 0 Å². The van der Waals surface area contributed by atoms with Crippen LogP contribution in [0.4, 0.5) is 0 Å². The van der Waals surface area contributed by atoms with Crippen LogP contribution < -0.4 is 5.32 Å². The SMILES string of the molecule is COCCOCC(=O)NCC1CCC(Cl)CC1. The Balaban J connectivity index is 1.99. The number of alkyl halides is 1. The Hall–Kier alpha value is -0.320. The van der Waals surface area contributed by atoms with Crippen LogP contribution in [0.1, 0.15) is 25.7 Å². The van der Waals surface area contributed by atoms with Crippen molar-refractivity contribution in [2.45, 2.75) is 31.1 Å². The number of carbonyl (C=O) groups is 1. The van der Waals surface area contributed by atoms with Crippen molar-refractivity contribution >= 4 is 17.5 Å². The van der Waals surface area contributed by atoms with Gasteiger partial charge in [-0.05, 0) is 31.6 Å². The van der Waals surface area contributed by atoms with Gasteiger partial charge < -0.3 is 14.8 Å². The highest BCUT2D eigenvalue weighted by atomic mass is 35.5. The lowest BCUT2D eigenvalue weighted by Gasteiger charge is -2.24. The highest BCUT2D eigenvalue weighted by Gasteiger charge is 2.19. The molecule has 0 saturated heterocycles. The topological polar surface area (TPSA) is 47.6 Å². The number of methoxy groups -OCH3 is 1. The Morgan fingerprint density at radius 2 is 2.00 bits per heavy atom. The summed E-state index contributed by atoms with van der Waals surface area (Å²) >= 11 is 6.02. The normalized spacial score (nSPS) is 24.6. The van der Waals surface area contributed by atoms with Gasteiger partial charge in [0.25, 0.3) is 0 Å². The van der Waals surface area contributed by atoms with Crippen molar-refractivity contribution in [2.24, 2.45) is 5.92 Å². The summed E-state index contributed by atoms with van der Waals surface area (Å²) in [5, 5.41) is 3.23. The molecule has 0 aromatic rings. The van der Waals surface area contributed by atoms with Crippen molar-refractivity contribution < 1.29 is 14.3 Å². The maximum Gasteiger partial charge on any atom is 0.246 e. The van der Waals surface area contributed by atoms with Crippen LogP contribution in [0.3, 0.4) is 0 Å². The summed E-state index contributed by atoms with van der Waals surface area (Å²) in [6, 6.07) is 0. The number of ether oxygens (including phenoxy) is 2. The molecule has 0 atom stereocenters. The lowest BCUT2D eigenvalue weighted by atomic mass is 9.89. The van der Waals surface area contributed by atoms with Crippen LogP contribution in [-0.2, 0) is 14.3 Å². The maximum absolute atomic E-state index is 11.4. The van der Waals surface area contributed by atoms with Gasteiger partial charge in [-0.2, -0.15) is 0 Å². The Kier molecular flexibility index (Phi) is 7.56. The molecule has 0 unspecified atom stereocenters. The van der Waals surface area contributed by atoms with Gasteiger partial charge in [-0.15, -0.1) is 11.6 Å². The fourth-order valence-corrected chi connectivity index (χ4v) is 2.19. The molecule has 0 aromatic heterocycles. The monoisotopic (exact) mass is 263 g/mol. The van der Waals surface area contributed by atoms with Gasteiger partial charge in [0.2, 0.25) is 5.91 Å². The molecule has 1 amide bonds. The summed E-state index contributed by atoms with van der Waals surface area (Å²) in [4.78, 5) is 11.4. The number of carbonyl (C=O) groups excluding carboxylic acids is 1. The third-order valence-electron chi connectivity index (χ3n) is 3.03. The zero-order valence-electron chi connectivity index (χ0n) is 10.4. The second-order valence-corrected chi connectivity index (χ2v) is 5.08. The van der Waals surface area contributed by atoms with Gasteiger partial charge >= 0.3 is 0 Å². The van der Waals surface area contributed by atoms with Crippen molar-refractivity contribution in [3.05, 3.63) is 0 Å². The van der Waals surface area contributed by atoms with E-state index in [9.17, 15) is 4.79 Å². The van der Waals surface area contributed by atoms with Crippen LogP contribution in [0.25, 0.3) is 0 Å². The Labute approximate surface area is 108 Å². The summed E-state index contributed by atoms with van der Waals surface area (Å²) in [5.74, 6) is 0.530. The zero-order chi connectivity index (χ0) is 12.5. The molecule has 5 heteroatoms. The number of amides is 1. The molecule has 100 valence electrons. The first-order valence-corrected chi connectivity index (χ1v) is 6.63. The van der Waals surface area contributed by atoms with E-state index in [2.05, 4.69) is 5.32 Å². The number of rotatable bonds is 7. The Bertz CT molecular complexity index is 218. The molecule has 0 spiro atoms. The molecule has 0 aromatic carbocycles. The molecule has 1 N–H and O–H groups in total. The van der Waals surface area contributed by atoms with Gasteiger partial charge in [0.05, 0.1) is 13.2 Å². The van der Waals surface area contributed by atoms with E-state index in [0.717, 1.165) is 32.2 Å². The van der Waals surface area contributed by atoms with Crippen LogP contribution in [0.5, 0.6) is 0 Å². The molecule has 0 radical (unpaired) electrons. The second kappa shape index (κ2) is 8.72. The number of hydrogen-bond donors (Lipinski definition) is 1. The molecule has 1 rings (SSSR count). The molecular formula is C12H22ClNO3. The Morgan fingerprint density at radius 1 is 1.29 bits per heavy atom. The van der Waals surface area contributed by atoms with Gasteiger partial charge in [-0.25, -0.2) is 0 Å². The minimum atomic E-state index is -0.0471. The third kappa shape index (κ3) is 6.86. The van der Waals surface area contributed by atoms with Gasteiger partial charge in [-0.3, -0.25) is 4.79 Å². The smallest absolute Gasteiger partial charge is 0.246 e. The summed E-state index contributed by atoms with van der Waals surface area (Å²) in [6.07, 6.45) is 4.34. The minimum Gasteiger partial charge on any atom is -0.382 e. The molecule has 0 heterocycles. The molecule has 0 aliphatic heterocycles. The van der Waals surface area contributed by atoms with Crippen LogP contribution >= 0.6 is 11.6 Å². The third-order valence-corrected chi connectivity index (χ3v) is 3.47. The van der Waals surface area contributed by atoms with Crippen molar-refractivity contribution in [1.82, 2.24) is 5.32 Å². The molecular weight excluding hydrogens is 242 g/mol. The molecule has 0 bridgehead atoms. The van der Waals surface area contributed by atoms with Gasteiger partial charge in [0.1, 0.15) is 6.61 Å². The van der Waals surface area contributed by atoms with Crippen molar-refractivity contribution in [3.63, 3.8) is 0 Å². The van der Waals surface area contributed by atoms with Gasteiger partial charge in [0.15, 0.2) is 0 Å². The van der Waals surface area contributed by atoms with Gasteiger partial charge in [0, 0.05) is 19.0 Å². The summed E-state index contributed by atoms with van der Waals surface area (Å²) in [6.45, 7) is 1.85. The predicted molar refractivity (Wildman–Crippen MR) is 67.3 cm³/mol. The first-order valence-electron chi connectivity index (χ1n) is 6.19. The fourth-order valence-electron chi connectivity index (χ4n) is 1.94. The second-order valence-electron chi connectivity index (χ2n) is 4.47. The van der Waals surface area contributed by atoms with Crippen molar-refractivity contribution in [1.29, 1.82) is 0 Å². The lowest BCUT2D eigenvalue weighted by molar-refractivity contribution is -0.126. The summed E-state index contributed by atoms with van der Waals surface area (Å²) in [7, 11) is 1.61. The molecule has 4 nitrogen and oxygen atoms in total. The number of nitrogens with one attached hydrogen (secondary N) is 1. The van der Waals surface area contributed by atoms with E-state index in [-0.39, 0.29) is 12.5 Å². The maximum atomic E-state index is 11.4. The average Bonchev–Trinajstić information content (AvgIpc) is 2.34. The number of halogens is 1. The van der Waals surface area contributed by atoms with Crippen LogP contribution in [-0.4, -0.2) is 44.8 Å². The van der Waals surface area contributed by atoms with Crippen LogP contribution in [0, 0.1) is 5.92 Å². The first-order chi connectivity index (χ1) is 8.22. The summed E-state index contributed by atoms with van der Waals surface area (Å²) in [5.41, 5.74) is 0. The van der Waals surface area contributed by atoms with E-state index in [4.69, 9.17) is 21.1 Å². The predicted octanol–water partition coefficient (Wildman–Crippen LogP) is 1.56. The van der Waals surface area contributed by atoms with E-state index in [1.54, 1.807) is 7.11 Å². The van der Waals surface area contributed by atoms with Crippen LogP contribution in [0.15, 0.2) is 0 Å². The minimum absolute atomic E-state index is 0.0471. The van der Waals surface area contributed by atoms with E-state index >= 15 is 0 Å². The Morgan fingerprint density at radius 3 is 2.65 bits per heavy atom. The first kappa shape index (κ1) is 14.7. The molecule has 1 fully saturated rings. The standard InChI is InChI=1S/C12H22ClNO3/c1-16-6-7-17-9-12(15)14-8-10-2-4-11(13)5-3-10/h10-11H,2-9H2,1H3,(H,14,15). The average molecular weight is 264 g/mol. The van der Waals surface area contributed by atoms with Crippen molar-refractivity contribution in [3.8, 4) is 0 Å². The highest BCUT2D eigenvalue weighted by Crippen LogP contribution is 2.26. The lowest BCUT2D eigenvalue weighted by Crippen LogP contribution is -2.34. The quantitative estimate of drug-likeness (QED) is 0.560. The van der Waals surface area contributed by atoms with E-state index in [0.29, 0.717) is 24.5 Å². The van der Waals surface area contributed by atoms with Gasteiger partial charge in [-0.1, -0.05) is 0 Å². The van der Waals surface area contributed by atoms with E-state index in [1.165, 1.54) is 0 Å². The van der Waals surface area contributed by atoms with E-state index in [1.807, 2.05) is 0 Å². The highest BCUT2D eigenvalue weighted by molar-refractivity contribution is 6.20.